The second-order valence-electron chi connectivity index (χ2n) is 4.38. The van der Waals surface area contributed by atoms with E-state index in [1.165, 1.54) is 11.1 Å². The Hall–Kier alpha value is -1.89. The molecule has 0 atom stereocenters. The van der Waals surface area contributed by atoms with Crippen LogP contribution in [0.25, 0.3) is 0 Å². The third kappa shape index (κ3) is 2.82. The highest BCUT2D eigenvalue weighted by Gasteiger charge is 2.06. The molecule has 0 saturated heterocycles. The van der Waals surface area contributed by atoms with Gasteiger partial charge in [-0.25, -0.2) is 0 Å². The van der Waals surface area contributed by atoms with Gasteiger partial charge in [0.15, 0.2) is 5.78 Å². The summed E-state index contributed by atoms with van der Waals surface area (Å²) in [6, 6.07) is 16.2. The lowest BCUT2D eigenvalue weighted by atomic mass is 9.97. The first-order valence-corrected chi connectivity index (χ1v) is 5.81. The monoisotopic (exact) mass is 224 g/mol. The molecule has 0 fully saturated rings. The molecular formula is C16H16O. The van der Waals surface area contributed by atoms with Gasteiger partial charge in [0.05, 0.1) is 0 Å². The molecule has 2 aromatic rings. The van der Waals surface area contributed by atoms with Gasteiger partial charge in [0.1, 0.15) is 0 Å². The minimum absolute atomic E-state index is 0.133. The summed E-state index contributed by atoms with van der Waals surface area (Å²) in [5.74, 6) is 0.133. The van der Waals surface area contributed by atoms with E-state index in [0.717, 1.165) is 17.5 Å². The number of rotatable bonds is 3. The molecule has 0 aliphatic rings. The number of ketones is 1. The van der Waals surface area contributed by atoms with Crippen molar-refractivity contribution < 1.29 is 4.79 Å². The van der Waals surface area contributed by atoms with Gasteiger partial charge in [-0.1, -0.05) is 54.1 Å². The average Bonchev–Trinajstić information content (AvgIpc) is 2.29. The first kappa shape index (κ1) is 11.6. The van der Waals surface area contributed by atoms with Crippen molar-refractivity contribution in [2.45, 2.75) is 20.3 Å². The maximum absolute atomic E-state index is 11.5. The van der Waals surface area contributed by atoms with Crippen LogP contribution in [0.3, 0.4) is 0 Å². The lowest BCUT2D eigenvalue weighted by Crippen LogP contribution is -2.00. The Labute approximate surface area is 102 Å². The zero-order valence-corrected chi connectivity index (χ0v) is 10.2. The summed E-state index contributed by atoms with van der Waals surface area (Å²) in [5, 5.41) is 0. The van der Waals surface area contributed by atoms with Crippen LogP contribution in [0, 0.1) is 6.92 Å². The molecule has 0 spiro atoms. The van der Waals surface area contributed by atoms with E-state index in [1.54, 1.807) is 6.92 Å². The topological polar surface area (TPSA) is 17.1 Å². The van der Waals surface area contributed by atoms with E-state index in [4.69, 9.17) is 0 Å². The molecule has 1 nitrogen and oxygen atoms in total. The van der Waals surface area contributed by atoms with Gasteiger partial charge in [-0.15, -0.1) is 0 Å². The average molecular weight is 224 g/mol. The van der Waals surface area contributed by atoms with Crippen LogP contribution in [0.4, 0.5) is 0 Å². The fourth-order valence-corrected chi connectivity index (χ4v) is 2.06. The van der Waals surface area contributed by atoms with Crippen molar-refractivity contribution in [3.63, 3.8) is 0 Å². The molecule has 1 heteroatoms. The number of benzene rings is 2. The number of hydrogen-bond donors (Lipinski definition) is 0. The zero-order chi connectivity index (χ0) is 12.3. The van der Waals surface area contributed by atoms with E-state index < -0.39 is 0 Å². The summed E-state index contributed by atoms with van der Waals surface area (Å²) in [6.45, 7) is 3.70. The second-order valence-corrected chi connectivity index (χ2v) is 4.38. The highest BCUT2D eigenvalue weighted by atomic mass is 16.1. The van der Waals surface area contributed by atoms with E-state index in [1.807, 2.05) is 24.3 Å². The van der Waals surface area contributed by atoms with Crippen LogP contribution in [0.15, 0.2) is 48.5 Å². The van der Waals surface area contributed by atoms with Crippen LogP contribution in [0.1, 0.15) is 34.0 Å². The first-order valence-electron chi connectivity index (χ1n) is 5.81. The molecule has 0 aromatic heterocycles. The molecule has 0 aliphatic heterocycles. The van der Waals surface area contributed by atoms with Gasteiger partial charge in [0.2, 0.25) is 0 Å². The number of hydrogen-bond acceptors (Lipinski definition) is 1. The molecule has 0 radical (unpaired) electrons. The predicted octanol–water partition coefficient (Wildman–Crippen LogP) is 3.79. The summed E-state index contributed by atoms with van der Waals surface area (Å²) in [4.78, 5) is 11.5. The van der Waals surface area contributed by atoms with Crippen molar-refractivity contribution in [2.24, 2.45) is 0 Å². The molecule has 0 amide bonds. The van der Waals surface area contributed by atoms with Crippen LogP contribution in [-0.4, -0.2) is 5.78 Å². The smallest absolute Gasteiger partial charge is 0.160 e. The van der Waals surface area contributed by atoms with Crippen molar-refractivity contribution in [2.75, 3.05) is 0 Å². The molecule has 86 valence electrons. The van der Waals surface area contributed by atoms with Crippen molar-refractivity contribution >= 4 is 5.78 Å². The molecule has 0 bridgehead atoms. The third-order valence-corrected chi connectivity index (χ3v) is 2.87. The van der Waals surface area contributed by atoms with Crippen LogP contribution < -0.4 is 0 Å². The Morgan fingerprint density at radius 3 is 2.53 bits per heavy atom. The highest BCUT2D eigenvalue weighted by molar-refractivity contribution is 5.95. The maximum atomic E-state index is 11.5. The van der Waals surface area contributed by atoms with E-state index in [9.17, 15) is 4.79 Å². The second kappa shape index (κ2) is 4.96. The number of Topliss-reactive ketones (excluding diaryl/α,β-unsaturated/α-hetero) is 1. The Balaban J connectivity index is 2.33. The SMILES string of the molecule is CC(=O)c1ccccc1Cc1cccc(C)c1. The van der Waals surface area contributed by atoms with Gasteiger partial charge in [0.25, 0.3) is 0 Å². The Morgan fingerprint density at radius 2 is 1.82 bits per heavy atom. The van der Waals surface area contributed by atoms with E-state index in [-0.39, 0.29) is 5.78 Å². The maximum Gasteiger partial charge on any atom is 0.160 e. The van der Waals surface area contributed by atoms with Gasteiger partial charge in [-0.2, -0.15) is 0 Å². The number of aryl methyl sites for hydroxylation is 1. The van der Waals surface area contributed by atoms with Crippen molar-refractivity contribution in [3.8, 4) is 0 Å². The summed E-state index contributed by atoms with van der Waals surface area (Å²) in [5.41, 5.74) is 4.43. The minimum Gasteiger partial charge on any atom is -0.295 e. The van der Waals surface area contributed by atoms with E-state index in [2.05, 4.69) is 31.2 Å². The molecule has 0 unspecified atom stereocenters. The first-order chi connectivity index (χ1) is 8.16. The lowest BCUT2D eigenvalue weighted by Gasteiger charge is -2.07. The Morgan fingerprint density at radius 1 is 1.06 bits per heavy atom. The van der Waals surface area contributed by atoms with Crippen LogP contribution >= 0.6 is 0 Å². The Bertz CT molecular complexity index is 541. The molecular weight excluding hydrogens is 208 g/mol. The van der Waals surface area contributed by atoms with Crippen molar-refractivity contribution in [1.29, 1.82) is 0 Å². The highest BCUT2D eigenvalue weighted by Crippen LogP contribution is 2.15. The normalized spacial score (nSPS) is 10.2. The van der Waals surface area contributed by atoms with Gasteiger partial charge in [0, 0.05) is 5.56 Å². The lowest BCUT2D eigenvalue weighted by molar-refractivity contribution is 0.101. The third-order valence-electron chi connectivity index (χ3n) is 2.87. The molecule has 2 rings (SSSR count). The molecule has 17 heavy (non-hydrogen) atoms. The zero-order valence-electron chi connectivity index (χ0n) is 10.2. The van der Waals surface area contributed by atoms with Gasteiger partial charge in [-0.3, -0.25) is 4.79 Å². The van der Waals surface area contributed by atoms with Crippen LogP contribution in [0.5, 0.6) is 0 Å². The van der Waals surface area contributed by atoms with Gasteiger partial charge in [-0.05, 0) is 31.4 Å². The summed E-state index contributed by atoms with van der Waals surface area (Å²) >= 11 is 0. The molecule has 0 heterocycles. The Kier molecular flexibility index (Phi) is 3.38. The molecule has 2 aromatic carbocycles. The number of carbonyl (C=O) groups is 1. The standard InChI is InChI=1S/C16H16O/c1-12-6-5-7-14(10-12)11-15-8-3-4-9-16(15)13(2)17/h3-10H,11H2,1-2H3. The summed E-state index contributed by atoms with van der Waals surface area (Å²) in [6.07, 6.45) is 0.817. The summed E-state index contributed by atoms with van der Waals surface area (Å²) < 4.78 is 0. The van der Waals surface area contributed by atoms with Crippen LogP contribution in [0.2, 0.25) is 0 Å². The fourth-order valence-electron chi connectivity index (χ4n) is 2.06. The largest absolute Gasteiger partial charge is 0.295 e. The number of carbonyl (C=O) groups excluding carboxylic acids is 1. The molecule has 0 N–H and O–H groups in total. The van der Waals surface area contributed by atoms with Gasteiger partial charge >= 0.3 is 0 Å². The predicted molar refractivity (Wildman–Crippen MR) is 70.4 cm³/mol. The minimum atomic E-state index is 0.133. The molecule has 0 aliphatic carbocycles. The quantitative estimate of drug-likeness (QED) is 0.725. The fraction of sp³-hybridized carbons (Fsp3) is 0.188. The molecule has 0 saturated carbocycles. The van der Waals surface area contributed by atoms with Crippen LogP contribution in [-0.2, 0) is 6.42 Å². The van der Waals surface area contributed by atoms with E-state index >= 15 is 0 Å². The van der Waals surface area contributed by atoms with E-state index in [0.29, 0.717) is 0 Å². The summed E-state index contributed by atoms with van der Waals surface area (Å²) in [7, 11) is 0. The van der Waals surface area contributed by atoms with Crippen molar-refractivity contribution in [3.05, 3.63) is 70.8 Å². The van der Waals surface area contributed by atoms with Crippen molar-refractivity contribution in [1.82, 2.24) is 0 Å². The van der Waals surface area contributed by atoms with Gasteiger partial charge < -0.3 is 0 Å².